The van der Waals surface area contributed by atoms with Crippen LogP contribution in [-0.2, 0) is 11.3 Å². The Bertz CT molecular complexity index is 423. The van der Waals surface area contributed by atoms with Crippen LogP contribution in [0.15, 0.2) is 18.3 Å². The highest BCUT2D eigenvalue weighted by Gasteiger charge is 2.24. The maximum Gasteiger partial charge on any atom is 0.270 e. The first-order chi connectivity index (χ1) is 9.76. The fourth-order valence-corrected chi connectivity index (χ4v) is 2.82. The van der Waals surface area contributed by atoms with Crippen LogP contribution in [0.3, 0.4) is 0 Å². The van der Waals surface area contributed by atoms with E-state index in [0.29, 0.717) is 19.1 Å². The van der Waals surface area contributed by atoms with Gasteiger partial charge in [-0.25, -0.2) is 0 Å². The number of hydrogen-bond donors (Lipinski definition) is 1. The molecule has 0 spiro atoms. The summed E-state index contributed by atoms with van der Waals surface area (Å²) in [5, 5.41) is 0. The molecule has 0 radical (unpaired) electrons. The monoisotopic (exact) mass is 279 g/mol. The second-order valence-corrected chi connectivity index (χ2v) is 5.39. The van der Waals surface area contributed by atoms with Gasteiger partial charge >= 0.3 is 0 Å². The molecule has 1 aromatic heterocycles. The molecular formula is C15H25N3O2. The molecule has 2 N–H and O–H groups in total. The summed E-state index contributed by atoms with van der Waals surface area (Å²) < 4.78 is 7.05. The Morgan fingerprint density at radius 2 is 2.20 bits per heavy atom. The van der Waals surface area contributed by atoms with Crippen molar-refractivity contribution in [3.05, 3.63) is 24.0 Å². The van der Waals surface area contributed by atoms with Crippen molar-refractivity contribution in [2.24, 2.45) is 11.7 Å². The van der Waals surface area contributed by atoms with E-state index in [-0.39, 0.29) is 5.91 Å². The van der Waals surface area contributed by atoms with E-state index < -0.39 is 0 Å². The number of carbonyl (C=O) groups excluding carboxylic acids is 1. The molecule has 2 rings (SSSR count). The first kappa shape index (κ1) is 15.1. The molecule has 1 aliphatic rings. The van der Waals surface area contributed by atoms with Crippen molar-refractivity contribution in [3.8, 4) is 0 Å². The Kier molecular flexibility index (Phi) is 5.61. The zero-order chi connectivity index (χ0) is 14.4. The summed E-state index contributed by atoms with van der Waals surface area (Å²) >= 11 is 0. The predicted molar refractivity (Wildman–Crippen MR) is 78.6 cm³/mol. The standard InChI is InChI=1S/C15H25N3O2/c1-20-12-11-17-8-2-3-14(17)15(19)18-9-5-13(4-7-16)6-10-18/h2-3,8,13H,4-7,9-12,16H2,1H3. The van der Waals surface area contributed by atoms with Gasteiger partial charge < -0.3 is 19.9 Å². The molecule has 0 unspecified atom stereocenters. The van der Waals surface area contributed by atoms with Crippen molar-refractivity contribution in [2.75, 3.05) is 33.4 Å². The second-order valence-electron chi connectivity index (χ2n) is 5.39. The molecule has 5 nitrogen and oxygen atoms in total. The zero-order valence-electron chi connectivity index (χ0n) is 12.3. The molecule has 0 aliphatic carbocycles. The van der Waals surface area contributed by atoms with Gasteiger partial charge in [0.1, 0.15) is 5.69 Å². The highest BCUT2D eigenvalue weighted by atomic mass is 16.5. The minimum Gasteiger partial charge on any atom is -0.383 e. The second kappa shape index (κ2) is 7.45. The molecule has 1 saturated heterocycles. The number of amides is 1. The fraction of sp³-hybridized carbons (Fsp3) is 0.667. The molecule has 1 fully saturated rings. The van der Waals surface area contributed by atoms with Gasteiger partial charge in [0.05, 0.1) is 6.61 Å². The lowest BCUT2D eigenvalue weighted by Gasteiger charge is -2.32. The maximum atomic E-state index is 12.5. The number of likely N-dealkylation sites (tertiary alicyclic amines) is 1. The molecule has 0 atom stereocenters. The van der Waals surface area contributed by atoms with E-state index in [9.17, 15) is 4.79 Å². The van der Waals surface area contributed by atoms with Gasteiger partial charge in [-0.15, -0.1) is 0 Å². The van der Waals surface area contributed by atoms with E-state index in [1.54, 1.807) is 7.11 Å². The number of nitrogens with two attached hydrogens (primary N) is 1. The highest BCUT2D eigenvalue weighted by molar-refractivity contribution is 5.92. The van der Waals surface area contributed by atoms with Crippen LogP contribution in [-0.4, -0.2) is 48.7 Å². The van der Waals surface area contributed by atoms with E-state index in [0.717, 1.165) is 44.6 Å². The molecule has 0 saturated carbocycles. The molecule has 112 valence electrons. The third-order valence-corrected chi connectivity index (χ3v) is 4.06. The molecule has 1 aromatic rings. The van der Waals surface area contributed by atoms with Gasteiger partial charge in [0.25, 0.3) is 5.91 Å². The quantitative estimate of drug-likeness (QED) is 0.854. The van der Waals surface area contributed by atoms with E-state index in [4.69, 9.17) is 10.5 Å². The van der Waals surface area contributed by atoms with Crippen LogP contribution in [0.2, 0.25) is 0 Å². The normalized spacial score (nSPS) is 16.6. The summed E-state index contributed by atoms with van der Waals surface area (Å²) in [6.07, 6.45) is 5.16. The molecule has 20 heavy (non-hydrogen) atoms. The first-order valence-electron chi connectivity index (χ1n) is 7.39. The fourth-order valence-electron chi connectivity index (χ4n) is 2.82. The van der Waals surface area contributed by atoms with Crippen molar-refractivity contribution in [1.82, 2.24) is 9.47 Å². The Morgan fingerprint density at radius 1 is 1.45 bits per heavy atom. The first-order valence-corrected chi connectivity index (χ1v) is 7.39. The predicted octanol–water partition coefficient (Wildman–Crippen LogP) is 1.34. The van der Waals surface area contributed by atoms with E-state index in [2.05, 4.69) is 0 Å². The van der Waals surface area contributed by atoms with Crippen LogP contribution in [0.4, 0.5) is 0 Å². The Labute approximate surface area is 120 Å². The van der Waals surface area contributed by atoms with E-state index in [1.165, 1.54) is 0 Å². The van der Waals surface area contributed by atoms with Crippen molar-refractivity contribution >= 4 is 5.91 Å². The van der Waals surface area contributed by atoms with Crippen molar-refractivity contribution in [2.45, 2.75) is 25.8 Å². The van der Waals surface area contributed by atoms with Crippen molar-refractivity contribution in [1.29, 1.82) is 0 Å². The van der Waals surface area contributed by atoms with Gasteiger partial charge in [-0.1, -0.05) is 0 Å². The lowest BCUT2D eigenvalue weighted by molar-refractivity contribution is 0.0674. The van der Waals surface area contributed by atoms with Gasteiger partial charge in [-0.3, -0.25) is 4.79 Å². The number of rotatable bonds is 6. The third kappa shape index (κ3) is 3.61. The summed E-state index contributed by atoms with van der Waals surface area (Å²) in [6.45, 7) is 3.78. The number of nitrogens with zero attached hydrogens (tertiary/aromatic N) is 2. The van der Waals surface area contributed by atoms with Gasteiger partial charge in [-0.05, 0) is 43.9 Å². The van der Waals surface area contributed by atoms with Crippen LogP contribution in [0.1, 0.15) is 29.8 Å². The van der Waals surface area contributed by atoms with Crippen molar-refractivity contribution in [3.63, 3.8) is 0 Å². The number of aromatic nitrogens is 1. The van der Waals surface area contributed by atoms with Crippen LogP contribution in [0, 0.1) is 5.92 Å². The van der Waals surface area contributed by atoms with E-state index >= 15 is 0 Å². The number of hydrogen-bond acceptors (Lipinski definition) is 3. The smallest absolute Gasteiger partial charge is 0.270 e. The molecule has 1 aliphatic heterocycles. The minimum absolute atomic E-state index is 0.136. The summed E-state index contributed by atoms with van der Waals surface area (Å²) in [4.78, 5) is 14.5. The Balaban J connectivity index is 1.93. The summed E-state index contributed by atoms with van der Waals surface area (Å²) in [5.41, 5.74) is 6.36. The number of ether oxygens (including phenoxy) is 1. The van der Waals surface area contributed by atoms with Gasteiger partial charge in [0.2, 0.25) is 0 Å². The Hall–Kier alpha value is -1.33. The minimum atomic E-state index is 0.136. The van der Waals surface area contributed by atoms with Crippen molar-refractivity contribution < 1.29 is 9.53 Å². The largest absolute Gasteiger partial charge is 0.383 e. The molecule has 0 bridgehead atoms. The van der Waals surface area contributed by atoms with Gasteiger partial charge in [0.15, 0.2) is 0 Å². The van der Waals surface area contributed by atoms with Crippen LogP contribution in [0.5, 0.6) is 0 Å². The maximum absolute atomic E-state index is 12.5. The Morgan fingerprint density at radius 3 is 2.85 bits per heavy atom. The van der Waals surface area contributed by atoms with Crippen LogP contribution >= 0.6 is 0 Å². The lowest BCUT2D eigenvalue weighted by Crippen LogP contribution is -2.39. The van der Waals surface area contributed by atoms with E-state index in [1.807, 2.05) is 27.8 Å². The molecule has 2 heterocycles. The van der Waals surface area contributed by atoms with Crippen LogP contribution in [0.25, 0.3) is 0 Å². The summed E-state index contributed by atoms with van der Waals surface area (Å²) in [6, 6.07) is 3.81. The third-order valence-electron chi connectivity index (χ3n) is 4.06. The molecular weight excluding hydrogens is 254 g/mol. The SMILES string of the molecule is COCCn1cccc1C(=O)N1CCC(CCN)CC1. The summed E-state index contributed by atoms with van der Waals surface area (Å²) in [7, 11) is 1.67. The lowest BCUT2D eigenvalue weighted by atomic mass is 9.93. The summed E-state index contributed by atoms with van der Waals surface area (Å²) in [5.74, 6) is 0.821. The topological polar surface area (TPSA) is 60.5 Å². The van der Waals surface area contributed by atoms with Gasteiger partial charge in [-0.2, -0.15) is 0 Å². The molecule has 1 amide bonds. The number of methoxy groups -OCH3 is 1. The van der Waals surface area contributed by atoms with Gasteiger partial charge in [0, 0.05) is 32.9 Å². The molecule has 5 heteroatoms. The number of carbonyl (C=O) groups is 1. The zero-order valence-corrected chi connectivity index (χ0v) is 12.3. The average Bonchev–Trinajstić information content (AvgIpc) is 2.94. The highest BCUT2D eigenvalue weighted by Crippen LogP contribution is 2.21. The number of piperidine rings is 1. The average molecular weight is 279 g/mol. The molecule has 0 aromatic carbocycles. The van der Waals surface area contributed by atoms with Crippen LogP contribution < -0.4 is 5.73 Å².